The molecule has 9 nitrogen and oxygen atoms in total. The van der Waals surface area contributed by atoms with E-state index in [4.69, 9.17) is 9.26 Å². The van der Waals surface area contributed by atoms with Gasteiger partial charge in [-0.25, -0.2) is 13.2 Å². The summed E-state index contributed by atoms with van der Waals surface area (Å²) in [7, 11) is -3.80. The fourth-order valence-corrected chi connectivity index (χ4v) is 4.27. The molecule has 0 aliphatic heterocycles. The molecule has 0 aliphatic rings. The van der Waals surface area contributed by atoms with Gasteiger partial charge in [0.1, 0.15) is 5.76 Å². The minimum Gasteiger partial charge on any atom is -0.452 e. The lowest BCUT2D eigenvalue weighted by Crippen LogP contribution is -2.30. The van der Waals surface area contributed by atoms with Crippen LogP contribution in [0.5, 0.6) is 0 Å². The van der Waals surface area contributed by atoms with Crippen molar-refractivity contribution >= 4 is 33.4 Å². The molecule has 0 atom stereocenters. The number of nitrogens with one attached hydrogen (secondary N) is 1. The number of ether oxygens (including phenoxy) is 1. The maximum atomic E-state index is 13.0. The second-order valence-corrected chi connectivity index (χ2v) is 8.34. The van der Waals surface area contributed by atoms with Crippen molar-refractivity contribution in [2.24, 2.45) is 0 Å². The number of benzene rings is 2. The van der Waals surface area contributed by atoms with Crippen LogP contribution < -0.4 is 9.62 Å². The largest absolute Gasteiger partial charge is 0.452 e. The van der Waals surface area contributed by atoms with E-state index in [0.717, 1.165) is 0 Å². The molecule has 1 amide bonds. The average molecular weight is 443 g/mol. The van der Waals surface area contributed by atoms with Crippen molar-refractivity contribution in [3.63, 3.8) is 0 Å². The molecule has 1 heterocycles. The van der Waals surface area contributed by atoms with Crippen molar-refractivity contribution in [1.82, 2.24) is 5.16 Å². The minimum absolute atomic E-state index is 0.0360. The first-order valence-electron chi connectivity index (χ1n) is 9.39. The lowest BCUT2D eigenvalue weighted by Gasteiger charge is -2.22. The van der Waals surface area contributed by atoms with E-state index in [9.17, 15) is 18.0 Å². The van der Waals surface area contributed by atoms with Crippen molar-refractivity contribution in [3.05, 3.63) is 72.0 Å². The molecule has 3 aromatic rings. The van der Waals surface area contributed by atoms with Crippen LogP contribution in [0.2, 0.25) is 0 Å². The number of anilines is 2. The van der Waals surface area contributed by atoms with Crippen molar-refractivity contribution in [2.75, 3.05) is 22.8 Å². The van der Waals surface area contributed by atoms with Gasteiger partial charge in [0, 0.05) is 12.6 Å². The summed E-state index contributed by atoms with van der Waals surface area (Å²) >= 11 is 0. The fourth-order valence-electron chi connectivity index (χ4n) is 2.79. The molecule has 3 rings (SSSR count). The third-order valence-corrected chi connectivity index (χ3v) is 6.16. The van der Waals surface area contributed by atoms with Gasteiger partial charge in [-0.05, 0) is 50.2 Å². The van der Waals surface area contributed by atoms with E-state index >= 15 is 0 Å². The molecule has 0 saturated heterocycles. The van der Waals surface area contributed by atoms with Crippen LogP contribution in [0.3, 0.4) is 0 Å². The third-order valence-electron chi connectivity index (χ3n) is 4.24. The van der Waals surface area contributed by atoms with Crippen LogP contribution in [-0.4, -0.2) is 38.6 Å². The standard InChI is InChI=1S/C21H21N3O6S/c1-3-24(17-7-5-4-6-8-17)31(27,28)18-11-9-16(10-12-18)21(26)29-14-20(25)22-19-13-15(2)30-23-19/h4-13H,3,14H2,1-2H3,(H,22,23,25). The minimum atomic E-state index is -3.80. The number of amides is 1. The van der Waals surface area contributed by atoms with Gasteiger partial charge in [-0.2, -0.15) is 0 Å². The Hall–Kier alpha value is -3.66. The van der Waals surface area contributed by atoms with Gasteiger partial charge in [-0.3, -0.25) is 9.10 Å². The highest BCUT2D eigenvalue weighted by Crippen LogP contribution is 2.23. The Bertz CT molecular complexity index is 1160. The number of hydrogen-bond donors (Lipinski definition) is 1. The van der Waals surface area contributed by atoms with Crippen LogP contribution in [-0.2, 0) is 19.6 Å². The predicted molar refractivity (Wildman–Crippen MR) is 113 cm³/mol. The van der Waals surface area contributed by atoms with E-state index in [2.05, 4.69) is 10.5 Å². The molecular weight excluding hydrogens is 422 g/mol. The van der Waals surface area contributed by atoms with Crippen molar-refractivity contribution < 1.29 is 27.3 Å². The number of para-hydroxylation sites is 1. The molecule has 0 saturated carbocycles. The summed E-state index contributed by atoms with van der Waals surface area (Å²) in [6.45, 7) is 3.13. The first kappa shape index (κ1) is 22.0. The van der Waals surface area contributed by atoms with Crippen LogP contribution >= 0.6 is 0 Å². The number of aryl methyl sites for hydroxylation is 1. The molecule has 0 aliphatic carbocycles. The highest BCUT2D eigenvalue weighted by Gasteiger charge is 2.24. The van der Waals surface area contributed by atoms with Gasteiger partial charge in [0.05, 0.1) is 16.1 Å². The Morgan fingerprint density at radius 3 is 2.35 bits per heavy atom. The lowest BCUT2D eigenvalue weighted by molar-refractivity contribution is -0.119. The van der Waals surface area contributed by atoms with Gasteiger partial charge >= 0.3 is 5.97 Å². The van der Waals surface area contributed by atoms with Gasteiger partial charge in [-0.15, -0.1) is 0 Å². The van der Waals surface area contributed by atoms with E-state index in [0.29, 0.717) is 11.4 Å². The number of hydrogen-bond acceptors (Lipinski definition) is 7. The van der Waals surface area contributed by atoms with Gasteiger partial charge < -0.3 is 14.6 Å². The van der Waals surface area contributed by atoms with Crippen molar-refractivity contribution in [3.8, 4) is 0 Å². The predicted octanol–water partition coefficient (Wildman–Crippen LogP) is 2.99. The highest BCUT2D eigenvalue weighted by atomic mass is 32.2. The normalized spacial score (nSPS) is 11.0. The zero-order chi connectivity index (χ0) is 22.4. The second kappa shape index (κ2) is 9.43. The number of sulfonamides is 1. The molecule has 0 bridgehead atoms. The van der Waals surface area contributed by atoms with E-state index in [-0.39, 0.29) is 22.8 Å². The maximum Gasteiger partial charge on any atom is 0.338 e. The Morgan fingerprint density at radius 2 is 1.77 bits per heavy atom. The van der Waals surface area contributed by atoms with Crippen molar-refractivity contribution in [1.29, 1.82) is 0 Å². The van der Waals surface area contributed by atoms with Crippen LogP contribution in [0, 0.1) is 6.92 Å². The molecule has 0 fully saturated rings. The summed E-state index contributed by atoms with van der Waals surface area (Å²) in [6, 6.07) is 15.6. The topological polar surface area (TPSA) is 119 Å². The van der Waals surface area contributed by atoms with Crippen LogP contribution in [0.1, 0.15) is 23.0 Å². The third kappa shape index (κ3) is 5.28. The van der Waals surface area contributed by atoms with Crippen LogP contribution in [0.25, 0.3) is 0 Å². The average Bonchev–Trinajstić information content (AvgIpc) is 3.17. The maximum absolute atomic E-state index is 13.0. The first-order valence-corrected chi connectivity index (χ1v) is 10.8. The monoisotopic (exact) mass is 443 g/mol. The quantitative estimate of drug-likeness (QED) is 0.532. The number of nitrogens with zero attached hydrogens (tertiary/aromatic N) is 2. The van der Waals surface area contributed by atoms with Gasteiger partial charge in [0.2, 0.25) is 0 Å². The Kier molecular flexibility index (Phi) is 6.71. The number of carbonyl (C=O) groups excluding carboxylic acids is 2. The summed E-state index contributed by atoms with van der Waals surface area (Å²) in [5.74, 6) is -0.601. The Morgan fingerprint density at radius 1 is 1.10 bits per heavy atom. The van der Waals surface area contributed by atoms with E-state index < -0.39 is 28.5 Å². The van der Waals surface area contributed by atoms with Gasteiger partial charge in [-0.1, -0.05) is 23.4 Å². The molecule has 2 aromatic carbocycles. The molecule has 162 valence electrons. The number of aromatic nitrogens is 1. The SMILES string of the molecule is CCN(c1ccccc1)S(=O)(=O)c1ccc(C(=O)OCC(=O)Nc2cc(C)on2)cc1. The fraction of sp³-hybridized carbons (Fsp3) is 0.190. The molecular formula is C21H21N3O6S. The number of esters is 1. The van der Waals surface area contributed by atoms with Crippen molar-refractivity contribution in [2.45, 2.75) is 18.7 Å². The summed E-state index contributed by atoms with van der Waals surface area (Å²) < 4.78 is 37.0. The van der Waals surface area contributed by atoms with Crippen LogP contribution in [0.4, 0.5) is 11.5 Å². The molecule has 10 heteroatoms. The molecule has 0 spiro atoms. The summed E-state index contributed by atoms with van der Waals surface area (Å²) in [6.07, 6.45) is 0. The highest BCUT2D eigenvalue weighted by molar-refractivity contribution is 7.92. The molecule has 31 heavy (non-hydrogen) atoms. The summed E-state index contributed by atoms with van der Waals surface area (Å²) in [4.78, 5) is 24.0. The van der Waals surface area contributed by atoms with Crippen LogP contribution in [0.15, 0.2) is 70.1 Å². The Labute approximate surface area is 179 Å². The zero-order valence-corrected chi connectivity index (χ0v) is 17.8. The second-order valence-electron chi connectivity index (χ2n) is 6.48. The van der Waals surface area contributed by atoms with E-state index in [1.165, 1.54) is 34.6 Å². The smallest absolute Gasteiger partial charge is 0.338 e. The van der Waals surface area contributed by atoms with E-state index in [1.54, 1.807) is 44.2 Å². The summed E-state index contributed by atoms with van der Waals surface area (Å²) in [5.41, 5.74) is 0.661. The molecule has 0 radical (unpaired) electrons. The number of carbonyl (C=O) groups is 2. The van der Waals surface area contributed by atoms with Gasteiger partial charge in [0.15, 0.2) is 12.4 Å². The number of rotatable bonds is 8. The first-order chi connectivity index (χ1) is 14.8. The zero-order valence-electron chi connectivity index (χ0n) is 16.9. The Balaban J connectivity index is 1.64. The lowest BCUT2D eigenvalue weighted by atomic mass is 10.2. The summed E-state index contributed by atoms with van der Waals surface area (Å²) in [5, 5.41) is 6.04. The molecule has 1 N–H and O–H groups in total. The van der Waals surface area contributed by atoms with Gasteiger partial charge in [0.25, 0.3) is 15.9 Å². The van der Waals surface area contributed by atoms with E-state index in [1.807, 2.05) is 0 Å². The molecule has 0 unspecified atom stereocenters. The molecule has 1 aromatic heterocycles.